The Morgan fingerprint density at radius 3 is 2.54 bits per heavy atom. The predicted molar refractivity (Wildman–Crippen MR) is 124 cm³/mol. The maximum Gasteiger partial charge on any atom is 0.407 e. The average Bonchev–Trinajstić information content (AvgIpc) is 3.25. The lowest BCUT2D eigenvalue weighted by Gasteiger charge is -2.18. The van der Waals surface area contributed by atoms with Gasteiger partial charge in [-0.15, -0.1) is 0 Å². The van der Waals surface area contributed by atoms with E-state index in [0.29, 0.717) is 5.75 Å². The van der Waals surface area contributed by atoms with Crippen LogP contribution in [0.2, 0.25) is 0 Å². The molecule has 0 aliphatic carbocycles. The predicted octanol–water partition coefficient (Wildman–Crippen LogP) is 1.88. The van der Waals surface area contributed by atoms with Crippen molar-refractivity contribution in [2.75, 3.05) is 13.1 Å². The minimum atomic E-state index is -4.08. The fourth-order valence-electron chi connectivity index (χ4n) is 4.09. The van der Waals surface area contributed by atoms with Gasteiger partial charge < -0.3 is 14.7 Å². The van der Waals surface area contributed by atoms with Gasteiger partial charge in [0, 0.05) is 29.7 Å². The molecule has 184 valence electrons. The summed E-state index contributed by atoms with van der Waals surface area (Å²) in [4.78, 5) is 28.5. The second-order valence-corrected chi connectivity index (χ2v) is 9.91. The van der Waals surface area contributed by atoms with E-state index in [1.54, 1.807) is 0 Å². The Labute approximate surface area is 201 Å². The third-order valence-corrected chi connectivity index (χ3v) is 7.31. The summed E-state index contributed by atoms with van der Waals surface area (Å²) in [5, 5.41) is 19.1. The number of hydrogen-bond acceptors (Lipinski definition) is 7. The number of sulfonamides is 1. The molecule has 2 heterocycles. The van der Waals surface area contributed by atoms with Crippen LogP contribution in [0.4, 0.5) is 4.79 Å². The lowest BCUT2D eigenvalue weighted by Crippen LogP contribution is -2.45. The fraction of sp³-hybridized carbons (Fsp3) is 0.261. The molecular formula is C23H24N4O7S. The number of hydrogen-bond donors (Lipinski definition) is 4. The topological polar surface area (TPSA) is 158 Å². The van der Waals surface area contributed by atoms with E-state index < -0.39 is 34.0 Å². The largest absolute Gasteiger partial charge is 0.489 e. The number of carboxylic acid groups (broad SMARTS) is 1. The monoisotopic (exact) mass is 500 g/mol. The molecule has 35 heavy (non-hydrogen) atoms. The van der Waals surface area contributed by atoms with Gasteiger partial charge in [0.2, 0.25) is 15.9 Å². The highest BCUT2D eigenvalue weighted by Crippen LogP contribution is 2.23. The van der Waals surface area contributed by atoms with Crippen LogP contribution >= 0.6 is 0 Å². The number of aromatic nitrogens is 1. The maximum absolute atomic E-state index is 12.9. The van der Waals surface area contributed by atoms with Gasteiger partial charge in [-0.05, 0) is 43.3 Å². The number of amides is 2. The SMILES string of the molecule is Cc1cc(COc2ccc(S(=O)(=O)N[C@@H]3CN(C(=O)O)C[C@@H]3C(=O)NO)cc2)c2ccccc2n1. The van der Waals surface area contributed by atoms with Crippen molar-refractivity contribution in [3.63, 3.8) is 0 Å². The van der Waals surface area contributed by atoms with Gasteiger partial charge in [-0.1, -0.05) is 18.2 Å². The standard InChI is InChI=1S/C23H24N4O7S/c1-14-10-15(18-4-2-3-5-20(18)24-14)13-34-16-6-8-17(9-7-16)35(32,33)26-21-12-27(23(29)30)11-19(21)22(28)25-31/h2-10,19,21,26,31H,11-13H2,1H3,(H,25,28)(H,29,30)/t19-,21+/m0/s1. The molecule has 2 amide bonds. The van der Waals surface area contributed by atoms with E-state index in [0.717, 1.165) is 27.1 Å². The zero-order valence-corrected chi connectivity index (χ0v) is 19.5. The van der Waals surface area contributed by atoms with Gasteiger partial charge in [0.05, 0.1) is 22.4 Å². The molecule has 2 aromatic carbocycles. The lowest BCUT2D eigenvalue weighted by atomic mass is 10.0. The number of hydroxylamine groups is 1. The summed E-state index contributed by atoms with van der Waals surface area (Å²) in [5.74, 6) is -1.49. The lowest BCUT2D eigenvalue weighted by molar-refractivity contribution is -0.133. The Bertz CT molecular complexity index is 1360. The highest BCUT2D eigenvalue weighted by molar-refractivity contribution is 7.89. The van der Waals surface area contributed by atoms with Crippen molar-refractivity contribution >= 4 is 32.9 Å². The molecule has 4 N–H and O–H groups in total. The minimum Gasteiger partial charge on any atom is -0.489 e. The summed E-state index contributed by atoms with van der Waals surface area (Å²) < 4.78 is 34.0. The van der Waals surface area contributed by atoms with Gasteiger partial charge in [0.15, 0.2) is 0 Å². The van der Waals surface area contributed by atoms with E-state index in [2.05, 4.69) is 9.71 Å². The van der Waals surface area contributed by atoms with E-state index in [4.69, 9.17) is 9.94 Å². The number of benzene rings is 2. The molecule has 0 unspecified atom stereocenters. The van der Waals surface area contributed by atoms with Crippen LogP contribution in [0.3, 0.4) is 0 Å². The first kappa shape index (κ1) is 24.4. The first-order chi connectivity index (χ1) is 16.7. The van der Waals surface area contributed by atoms with Crippen LogP contribution in [0.5, 0.6) is 5.75 Å². The number of carbonyl (C=O) groups is 2. The number of nitrogens with one attached hydrogen (secondary N) is 2. The molecular weight excluding hydrogens is 476 g/mol. The zero-order valence-electron chi connectivity index (χ0n) is 18.7. The van der Waals surface area contributed by atoms with Crippen molar-refractivity contribution in [2.45, 2.75) is 24.5 Å². The van der Waals surface area contributed by atoms with Crippen LogP contribution < -0.4 is 14.9 Å². The van der Waals surface area contributed by atoms with E-state index in [-0.39, 0.29) is 24.6 Å². The van der Waals surface area contributed by atoms with Crippen molar-refractivity contribution in [3.05, 3.63) is 65.9 Å². The molecule has 1 fully saturated rings. The fourth-order valence-corrected chi connectivity index (χ4v) is 5.35. The number of ether oxygens (including phenoxy) is 1. The molecule has 1 aliphatic heterocycles. The first-order valence-electron chi connectivity index (χ1n) is 10.7. The number of carbonyl (C=O) groups excluding carboxylic acids is 1. The maximum atomic E-state index is 12.9. The third kappa shape index (κ3) is 5.34. The number of likely N-dealkylation sites (tertiary alicyclic amines) is 1. The van der Waals surface area contributed by atoms with E-state index in [1.165, 1.54) is 29.7 Å². The Kier molecular flexibility index (Phi) is 6.87. The summed E-state index contributed by atoms with van der Waals surface area (Å²) in [7, 11) is -4.08. The van der Waals surface area contributed by atoms with Gasteiger partial charge >= 0.3 is 6.09 Å². The molecule has 0 spiro atoms. The third-order valence-electron chi connectivity index (χ3n) is 5.80. The van der Waals surface area contributed by atoms with Crippen LogP contribution in [-0.2, 0) is 21.4 Å². The molecule has 2 atom stereocenters. The molecule has 1 aliphatic rings. The smallest absolute Gasteiger partial charge is 0.407 e. The van der Waals surface area contributed by atoms with Gasteiger partial charge in [0.1, 0.15) is 12.4 Å². The first-order valence-corrected chi connectivity index (χ1v) is 12.2. The summed E-state index contributed by atoms with van der Waals surface area (Å²) in [5.41, 5.74) is 4.12. The number of pyridine rings is 1. The van der Waals surface area contributed by atoms with Gasteiger partial charge in [-0.3, -0.25) is 15.0 Å². The Morgan fingerprint density at radius 1 is 1.14 bits per heavy atom. The molecule has 11 nitrogen and oxygen atoms in total. The van der Waals surface area contributed by atoms with Crippen LogP contribution in [0.15, 0.2) is 59.5 Å². The van der Waals surface area contributed by atoms with Gasteiger partial charge in [0.25, 0.3) is 0 Å². The quantitative estimate of drug-likeness (QED) is 0.283. The van der Waals surface area contributed by atoms with Crippen molar-refractivity contribution in [2.24, 2.45) is 5.92 Å². The van der Waals surface area contributed by atoms with Crippen LogP contribution in [0.1, 0.15) is 11.3 Å². The number of aryl methyl sites for hydroxylation is 1. The summed E-state index contributed by atoms with van der Waals surface area (Å²) in [6, 6.07) is 14.4. The highest BCUT2D eigenvalue weighted by atomic mass is 32.2. The summed E-state index contributed by atoms with van der Waals surface area (Å²) in [6.07, 6.45) is -1.29. The van der Waals surface area contributed by atoms with Crippen LogP contribution in [-0.4, -0.2) is 59.7 Å². The summed E-state index contributed by atoms with van der Waals surface area (Å²) in [6.45, 7) is 1.69. The summed E-state index contributed by atoms with van der Waals surface area (Å²) >= 11 is 0. The average molecular weight is 501 g/mol. The minimum absolute atomic E-state index is 0.0769. The van der Waals surface area contributed by atoms with E-state index in [1.807, 2.05) is 37.3 Å². The second-order valence-electron chi connectivity index (χ2n) is 8.20. The van der Waals surface area contributed by atoms with Gasteiger partial charge in [-0.2, -0.15) is 0 Å². The van der Waals surface area contributed by atoms with E-state index in [9.17, 15) is 23.1 Å². The van der Waals surface area contributed by atoms with Crippen molar-refractivity contribution in [1.29, 1.82) is 0 Å². The molecule has 4 rings (SSSR count). The number of nitrogens with zero attached hydrogens (tertiary/aromatic N) is 2. The molecule has 3 aromatic rings. The van der Waals surface area contributed by atoms with Crippen molar-refractivity contribution in [3.8, 4) is 5.75 Å². The number of fused-ring (bicyclic) bond motifs is 1. The Balaban J connectivity index is 1.46. The van der Waals surface area contributed by atoms with Crippen molar-refractivity contribution < 1.29 is 33.1 Å². The molecule has 1 saturated heterocycles. The number of rotatable bonds is 7. The second kappa shape index (κ2) is 9.86. The zero-order chi connectivity index (χ0) is 25.2. The normalized spacial score (nSPS) is 17.9. The number of para-hydroxylation sites is 1. The molecule has 0 saturated carbocycles. The molecule has 0 radical (unpaired) electrons. The van der Waals surface area contributed by atoms with Crippen LogP contribution in [0.25, 0.3) is 10.9 Å². The Hall–Kier alpha value is -3.74. The molecule has 0 bridgehead atoms. The Morgan fingerprint density at radius 2 is 1.86 bits per heavy atom. The van der Waals surface area contributed by atoms with Crippen molar-refractivity contribution in [1.82, 2.24) is 20.1 Å². The van der Waals surface area contributed by atoms with Crippen LogP contribution in [0, 0.1) is 12.8 Å². The molecule has 12 heteroatoms. The van der Waals surface area contributed by atoms with Gasteiger partial charge in [-0.25, -0.2) is 23.4 Å². The molecule has 1 aromatic heterocycles. The highest BCUT2D eigenvalue weighted by Gasteiger charge is 2.41. The van der Waals surface area contributed by atoms with E-state index >= 15 is 0 Å².